The molecular formula is C17H17ClO2Se. The topological polar surface area (TPSA) is 37.3 Å². The minimum absolute atomic E-state index is 0.254. The molecule has 0 amide bonds. The third-order valence-electron chi connectivity index (χ3n) is 3.09. The number of aliphatic carboxylic acids is 1. The van der Waals surface area contributed by atoms with Crippen molar-refractivity contribution < 1.29 is 9.90 Å². The molecule has 1 N–H and O–H groups in total. The number of rotatable bonds is 7. The SMILES string of the molecule is O=C(O)CCC[Se]C(c1ccccc1)c1ccc(Cl)cc1. The van der Waals surface area contributed by atoms with Crippen LogP contribution in [-0.2, 0) is 4.79 Å². The van der Waals surface area contributed by atoms with E-state index in [2.05, 4.69) is 24.3 Å². The molecule has 0 saturated carbocycles. The van der Waals surface area contributed by atoms with Crippen molar-refractivity contribution in [1.29, 1.82) is 0 Å². The van der Waals surface area contributed by atoms with E-state index in [1.54, 1.807) is 0 Å². The molecule has 0 aliphatic carbocycles. The maximum atomic E-state index is 10.6. The van der Waals surface area contributed by atoms with Gasteiger partial charge >= 0.3 is 136 Å². The molecule has 0 bridgehead atoms. The van der Waals surface area contributed by atoms with Crippen molar-refractivity contribution in [2.75, 3.05) is 0 Å². The van der Waals surface area contributed by atoms with Crippen molar-refractivity contribution in [1.82, 2.24) is 0 Å². The van der Waals surface area contributed by atoms with Crippen LogP contribution in [0, 0.1) is 0 Å². The van der Waals surface area contributed by atoms with Crippen molar-refractivity contribution in [3.63, 3.8) is 0 Å². The second-order valence-corrected chi connectivity index (χ2v) is 7.69. The first-order valence-corrected chi connectivity index (χ1v) is 9.38. The van der Waals surface area contributed by atoms with Crippen LogP contribution in [0.25, 0.3) is 0 Å². The van der Waals surface area contributed by atoms with Crippen molar-refractivity contribution in [2.24, 2.45) is 0 Å². The van der Waals surface area contributed by atoms with Crippen LogP contribution in [-0.4, -0.2) is 26.0 Å². The Labute approximate surface area is 136 Å². The molecule has 2 nitrogen and oxygen atoms in total. The third-order valence-corrected chi connectivity index (χ3v) is 6.29. The van der Waals surface area contributed by atoms with Gasteiger partial charge in [0.2, 0.25) is 0 Å². The fourth-order valence-corrected chi connectivity index (χ4v) is 4.81. The Morgan fingerprint density at radius 2 is 1.67 bits per heavy atom. The predicted molar refractivity (Wildman–Crippen MR) is 87.2 cm³/mol. The zero-order valence-corrected chi connectivity index (χ0v) is 14.0. The minimum atomic E-state index is -0.714. The maximum absolute atomic E-state index is 10.6. The van der Waals surface area contributed by atoms with Crippen LogP contribution in [0.2, 0.25) is 10.3 Å². The Bertz CT molecular complexity index is 569. The fraction of sp³-hybridized carbons (Fsp3) is 0.235. The van der Waals surface area contributed by atoms with Crippen LogP contribution >= 0.6 is 11.6 Å². The molecule has 0 aromatic heterocycles. The van der Waals surface area contributed by atoms with E-state index < -0.39 is 5.97 Å². The molecule has 21 heavy (non-hydrogen) atoms. The van der Waals surface area contributed by atoms with E-state index in [4.69, 9.17) is 16.7 Å². The third kappa shape index (κ3) is 5.20. The van der Waals surface area contributed by atoms with E-state index in [1.165, 1.54) is 11.1 Å². The Morgan fingerprint density at radius 1 is 1.05 bits per heavy atom. The van der Waals surface area contributed by atoms with Gasteiger partial charge in [0.25, 0.3) is 0 Å². The Kier molecular flexibility index (Phi) is 6.31. The Hall–Kier alpha value is -1.28. The normalized spacial score (nSPS) is 12.0. The van der Waals surface area contributed by atoms with Crippen LogP contribution in [0.4, 0.5) is 0 Å². The number of carboxylic acids is 1. The van der Waals surface area contributed by atoms with E-state index >= 15 is 0 Å². The van der Waals surface area contributed by atoms with Gasteiger partial charge in [-0.2, -0.15) is 0 Å². The van der Waals surface area contributed by atoms with Crippen LogP contribution in [0.1, 0.15) is 28.8 Å². The standard InChI is InChI=1S/C17H17ClO2Se/c18-15-10-8-14(9-11-15)17(13-5-2-1-3-6-13)21-12-4-7-16(19)20/h1-3,5-6,8-11,17H,4,7,12H2,(H,19,20). The first kappa shape index (κ1) is 16.1. The van der Waals surface area contributed by atoms with Gasteiger partial charge in [-0.3, -0.25) is 0 Å². The van der Waals surface area contributed by atoms with E-state index in [0.29, 0.717) is 19.8 Å². The molecular weight excluding hydrogens is 351 g/mol. The summed E-state index contributed by atoms with van der Waals surface area (Å²) in [5.41, 5.74) is 2.54. The molecule has 0 aliphatic rings. The number of hydrogen-bond donors (Lipinski definition) is 1. The van der Waals surface area contributed by atoms with Crippen LogP contribution < -0.4 is 0 Å². The molecule has 1 unspecified atom stereocenters. The number of carbonyl (C=O) groups is 1. The summed E-state index contributed by atoms with van der Waals surface area (Å²) in [6, 6.07) is 18.4. The molecule has 0 aliphatic heterocycles. The van der Waals surface area contributed by atoms with Gasteiger partial charge in [0, 0.05) is 0 Å². The first-order valence-electron chi connectivity index (χ1n) is 6.80. The molecule has 0 radical (unpaired) electrons. The van der Waals surface area contributed by atoms with Gasteiger partial charge in [0.1, 0.15) is 0 Å². The van der Waals surface area contributed by atoms with Gasteiger partial charge in [0.05, 0.1) is 0 Å². The van der Waals surface area contributed by atoms with Gasteiger partial charge < -0.3 is 0 Å². The second kappa shape index (κ2) is 8.23. The average Bonchev–Trinajstić information content (AvgIpc) is 2.49. The molecule has 110 valence electrons. The zero-order chi connectivity index (χ0) is 15.1. The van der Waals surface area contributed by atoms with Gasteiger partial charge in [-0.1, -0.05) is 0 Å². The Balaban J connectivity index is 2.11. The molecule has 0 heterocycles. The van der Waals surface area contributed by atoms with Crippen molar-refractivity contribution in [3.8, 4) is 0 Å². The Morgan fingerprint density at radius 3 is 2.29 bits per heavy atom. The van der Waals surface area contributed by atoms with E-state index in [1.807, 2.05) is 30.3 Å². The summed E-state index contributed by atoms with van der Waals surface area (Å²) in [7, 11) is 0. The summed E-state index contributed by atoms with van der Waals surface area (Å²) in [5.74, 6) is -0.714. The second-order valence-electron chi connectivity index (χ2n) is 4.71. The molecule has 2 rings (SSSR count). The quantitative estimate of drug-likeness (QED) is 0.581. The average molecular weight is 368 g/mol. The molecule has 2 aromatic carbocycles. The van der Waals surface area contributed by atoms with Crippen molar-refractivity contribution >= 4 is 32.5 Å². The van der Waals surface area contributed by atoms with Crippen molar-refractivity contribution in [2.45, 2.75) is 23.0 Å². The number of carboxylic acid groups (broad SMARTS) is 1. The summed E-state index contributed by atoms with van der Waals surface area (Å²) < 4.78 is 0. The van der Waals surface area contributed by atoms with Crippen molar-refractivity contribution in [3.05, 3.63) is 70.7 Å². The summed E-state index contributed by atoms with van der Waals surface area (Å²) >= 11 is 6.29. The number of benzene rings is 2. The summed E-state index contributed by atoms with van der Waals surface area (Å²) in [6.45, 7) is 0. The first-order chi connectivity index (χ1) is 10.2. The molecule has 4 heteroatoms. The van der Waals surface area contributed by atoms with Gasteiger partial charge in [-0.15, -0.1) is 0 Å². The monoisotopic (exact) mass is 368 g/mol. The van der Waals surface area contributed by atoms with Crippen LogP contribution in [0.5, 0.6) is 0 Å². The zero-order valence-electron chi connectivity index (χ0n) is 11.5. The van der Waals surface area contributed by atoms with Crippen LogP contribution in [0.3, 0.4) is 0 Å². The fourth-order valence-electron chi connectivity index (χ4n) is 2.07. The summed E-state index contributed by atoms with van der Waals surface area (Å²) in [6.07, 6.45) is 0.996. The number of halogens is 1. The molecule has 2 aromatic rings. The predicted octanol–water partition coefficient (Wildman–Crippen LogP) is 4.42. The molecule has 0 saturated heterocycles. The van der Waals surface area contributed by atoms with E-state index in [-0.39, 0.29) is 6.42 Å². The van der Waals surface area contributed by atoms with Gasteiger partial charge in [-0.25, -0.2) is 0 Å². The van der Waals surface area contributed by atoms with Gasteiger partial charge in [0.15, 0.2) is 0 Å². The molecule has 0 fully saturated rings. The summed E-state index contributed by atoms with van der Waals surface area (Å²) in [4.78, 5) is 11.0. The van der Waals surface area contributed by atoms with E-state index in [9.17, 15) is 4.79 Å². The van der Waals surface area contributed by atoms with E-state index in [0.717, 1.165) is 16.8 Å². The van der Waals surface area contributed by atoms with Crippen LogP contribution in [0.15, 0.2) is 54.6 Å². The molecule has 1 atom stereocenters. The molecule has 0 spiro atoms. The number of hydrogen-bond acceptors (Lipinski definition) is 1. The van der Waals surface area contributed by atoms with Gasteiger partial charge in [-0.05, 0) is 0 Å². The summed E-state index contributed by atoms with van der Waals surface area (Å²) in [5, 5.41) is 10.4.